The van der Waals surface area contributed by atoms with Crippen molar-refractivity contribution in [3.8, 4) is 0 Å². The van der Waals surface area contributed by atoms with Crippen molar-refractivity contribution >= 4 is 5.97 Å². The molecular weight excluding hydrogens is 228 g/mol. The predicted octanol–water partition coefficient (Wildman–Crippen LogP) is 3.20. The maximum absolute atomic E-state index is 10.9. The zero-order chi connectivity index (χ0) is 13.9. The highest BCUT2D eigenvalue weighted by atomic mass is 16.4. The second-order valence-electron chi connectivity index (χ2n) is 5.25. The van der Waals surface area contributed by atoms with Crippen LogP contribution in [0.3, 0.4) is 0 Å². The van der Waals surface area contributed by atoms with Crippen molar-refractivity contribution in [2.75, 3.05) is 0 Å². The number of aliphatic carboxylic acids is 1. The molecule has 1 rings (SSSR count). The first-order valence-corrected chi connectivity index (χ1v) is 6.35. The van der Waals surface area contributed by atoms with Crippen molar-refractivity contribution in [1.29, 1.82) is 0 Å². The molecule has 0 aliphatic carbocycles. The van der Waals surface area contributed by atoms with E-state index in [1.807, 2.05) is 24.3 Å². The van der Waals surface area contributed by atoms with E-state index in [1.165, 1.54) is 5.56 Å². The summed E-state index contributed by atoms with van der Waals surface area (Å²) in [5.41, 5.74) is 1.99. The monoisotopic (exact) mass is 250 g/mol. The van der Waals surface area contributed by atoms with E-state index in [2.05, 4.69) is 13.8 Å². The summed E-state index contributed by atoms with van der Waals surface area (Å²) in [4.78, 5) is 10.9. The van der Waals surface area contributed by atoms with Gasteiger partial charge in [-0.25, -0.2) is 0 Å². The van der Waals surface area contributed by atoms with Gasteiger partial charge in [-0.3, -0.25) is 4.79 Å². The van der Waals surface area contributed by atoms with Gasteiger partial charge in [0.1, 0.15) is 0 Å². The number of benzene rings is 1. The molecule has 0 spiro atoms. The largest absolute Gasteiger partial charge is 0.481 e. The van der Waals surface area contributed by atoms with E-state index in [9.17, 15) is 9.90 Å². The lowest BCUT2D eigenvalue weighted by molar-refractivity contribution is -0.144. The Bertz CT molecular complexity index is 395. The zero-order valence-corrected chi connectivity index (χ0v) is 11.4. The van der Waals surface area contributed by atoms with Crippen LogP contribution in [0.2, 0.25) is 0 Å². The fraction of sp³-hybridized carbons (Fsp3) is 0.533. The Morgan fingerprint density at radius 2 is 1.44 bits per heavy atom. The molecule has 3 heteroatoms. The first-order valence-electron chi connectivity index (χ1n) is 6.35. The van der Waals surface area contributed by atoms with Crippen molar-refractivity contribution in [2.45, 2.75) is 39.7 Å². The molecule has 0 aliphatic heterocycles. The van der Waals surface area contributed by atoms with Crippen LogP contribution in [0.15, 0.2) is 24.3 Å². The molecule has 1 aromatic rings. The molecule has 0 saturated carbocycles. The molecule has 0 bridgehead atoms. The molecule has 100 valence electrons. The Hall–Kier alpha value is -1.35. The summed E-state index contributed by atoms with van der Waals surface area (Å²) in [6.45, 7) is 7.61. The number of carboxylic acids is 1. The van der Waals surface area contributed by atoms with Gasteiger partial charge in [0.05, 0.1) is 12.0 Å². The van der Waals surface area contributed by atoms with Crippen molar-refractivity contribution < 1.29 is 15.0 Å². The van der Waals surface area contributed by atoms with E-state index in [1.54, 1.807) is 13.8 Å². The fourth-order valence-corrected chi connectivity index (χ4v) is 1.88. The third kappa shape index (κ3) is 3.33. The fourth-order valence-electron chi connectivity index (χ4n) is 1.88. The molecule has 3 atom stereocenters. The average Bonchev–Trinajstić information content (AvgIpc) is 2.36. The van der Waals surface area contributed by atoms with Gasteiger partial charge in [0.15, 0.2) is 0 Å². The molecule has 3 unspecified atom stereocenters. The van der Waals surface area contributed by atoms with E-state index >= 15 is 0 Å². The van der Waals surface area contributed by atoms with Crippen LogP contribution < -0.4 is 0 Å². The number of aliphatic hydroxyl groups excluding tert-OH is 1. The molecule has 3 nitrogen and oxygen atoms in total. The average molecular weight is 250 g/mol. The lowest BCUT2D eigenvalue weighted by atomic mass is 9.86. The van der Waals surface area contributed by atoms with Gasteiger partial charge >= 0.3 is 5.97 Å². The lowest BCUT2D eigenvalue weighted by Gasteiger charge is -2.23. The Morgan fingerprint density at radius 1 is 1.00 bits per heavy atom. The smallest absolute Gasteiger partial charge is 0.306 e. The van der Waals surface area contributed by atoms with Crippen LogP contribution in [-0.2, 0) is 4.79 Å². The summed E-state index contributed by atoms with van der Waals surface area (Å²) in [6.07, 6.45) is -0.739. The van der Waals surface area contributed by atoms with Crippen molar-refractivity contribution in [1.82, 2.24) is 0 Å². The predicted molar refractivity (Wildman–Crippen MR) is 71.5 cm³/mol. The summed E-state index contributed by atoms with van der Waals surface area (Å²) >= 11 is 0. The van der Waals surface area contributed by atoms with E-state index in [-0.39, 0.29) is 5.92 Å². The maximum atomic E-state index is 10.9. The van der Waals surface area contributed by atoms with Crippen LogP contribution in [0.5, 0.6) is 0 Å². The first kappa shape index (κ1) is 14.7. The minimum absolute atomic E-state index is 0.313. The Morgan fingerprint density at radius 3 is 1.83 bits per heavy atom. The normalized spacial score (nSPS) is 16.3. The minimum atomic E-state index is -0.875. The van der Waals surface area contributed by atoms with E-state index in [0.717, 1.165) is 5.56 Å². The first-order chi connectivity index (χ1) is 8.34. The molecule has 0 radical (unpaired) electrons. The van der Waals surface area contributed by atoms with Crippen LogP contribution >= 0.6 is 0 Å². The Kier molecular flexibility index (Phi) is 4.91. The van der Waals surface area contributed by atoms with Gasteiger partial charge in [-0.05, 0) is 23.0 Å². The number of carboxylic acid groups (broad SMARTS) is 1. The highest BCUT2D eigenvalue weighted by Crippen LogP contribution is 2.28. The number of hydrogen-bond donors (Lipinski definition) is 2. The van der Waals surface area contributed by atoms with Crippen LogP contribution in [-0.4, -0.2) is 16.2 Å². The van der Waals surface area contributed by atoms with Gasteiger partial charge in [-0.15, -0.1) is 0 Å². The third-order valence-corrected chi connectivity index (χ3v) is 3.62. The molecule has 18 heavy (non-hydrogen) atoms. The molecule has 0 fully saturated rings. The Balaban J connectivity index is 2.83. The van der Waals surface area contributed by atoms with Crippen LogP contribution in [0.1, 0.15) is 50.8 Å². The second kappa shape index (κ2) is 6.01. The van der Waals surface area contributed by atoms with Crippen LogP contribution in [0, 0.1) is 11.8 Å². The van der Waals surface area contributed by atoms with Crippen molar-refractivity contribution in [2.24, 2.45) is 11.8 Å². The summed E-state index contributed by atoms with van der Waals surface area (Å²) < 4.78 is 0. The quantitative estimate of drug-likeness (QED) is 0.843. The summed E-state index contributed by atoms with van der Waals surface area (Å²) in [7, 11) is 0. The van der Waals surface area contributed by atoms with Gasteiger partial charge in [-0.2, -0.15) is 0 Å². The number of carbonyl (C=O) groups is 1. The Labute approximate surface area is 108 Å². The van der Waals surface area contributed by atoms with Gasteiger partial charge in [-0.1, -0.05) is 52.0 Å². The number of rotatable bonds is 5. The van der Waals surface area contributed by atoms with E-state index in [0.29, 0.717) is 5.92 Å². The van der Waals surface area contributed by atoms with Crippen molar-refractivity contribution in [3.63, 3.8) is 0 Å². The molecular formula is C15H22O3. The zero-order valence-electron chi connectivity index (χ0n) is 11.4. The van der Waals surface area contributed by atoms with E-state index < -0.39 is 18.0 Å². The molecule has 1 aromatic carbocycles. The molecule has 0 aliphatic rings. The van der Waals surface area contributed by atoms with Gasteiger partial charge in [0, 0.05) is 0 Å². The summed E-state index contributed by atoms with van der Waals surface area (Å²) in [5.74, 6) is -1.30. The molecule has 0 aromatic heterocycles. The lowest BCUT2D eigenvalue weighted by Crippen LogP contribution is -2.23. The van der Waals surface area contributed by atoms with Gasteiger partial charge < -0.3 is 10.2 Å². The molecule has 0 amide bonds. The third-order valence-electron chi connectivity index (χ3n) is 3.62. The van der Waals surface area contributed by atoms with Crippen LogP contribution in [0.4, 0.5) is 0 Å². The maximum Gasteiger partial charge on any atom is 0.306 e. The van der Waals surface area contributed by atoms with Gasteiger partial charge in [0.2, 0.25) is 0 Å². The summed E-state index contributed by atoms with van der Waals surface area (Å²) in [6, 6.07) is 7.74. The molecule has 2 N–H and O–H groups in total. The molecule has 0 heterocycles. The number of hydrogen-bond acceptors (Lipinski definition) is 2. The van der Waals surface area contributed by atoms with Gasteiger partial charge in [0.25, 0.3) is 0 Å². The summed E-state index contributed by atoms with van der Waals surface area (Å²) in [5, 5.41) is 19.1. The highest BCUT2D eigenvalue weighted by Gasteiger charge is 2.26. The minimum Gasteiger partial charge on any atom is -0.481 e. The highest BCUT2D eigenvalue weighted by molar-refractivity contribution is 5.69. The van der Waals surface area contributed by atoms with Crippen molar-refractivity contribution in [3.05, 3.63) is 35.4 Å². The topological polar surface area (TPSA) is 57.5 Å². The SMILES string of the molecule is CC(C)c1ccc(C(O)C(C)C(C)C(=O)O)cc1. The molecule has 0 saturated heterocycles. The standard InChI is InChI=1S/C15H22O3/c1-9(2)12-5-7-13(8-6-12)14(16)10(3)11(4)15(17)18/h5-11,14,16H,1-4H3,(H,17,18). The number of aliphatic hydroxyl groups is 1. The second-order valence-corrected chi connectivity index (χ2v) is 5.25. The van der Waals surface area contributed by atoms with Crippen LogP contribution in [0.25, 0.3) is 0 Å². The van der Waals surface area contributed by atoms with E-state index in [4.69, 9.17) is 5.11 Å².